The number of thioether (sulfide) groups is 1. The molecule has 146 valence electrons. The van der Waals surface area contributed by atoms with Gasteiger partial charge in [0.1, 0.15) is 0 Å². The molecule has 0 atom stereocenters. The Bertz CT molecular complexity index is 957. The fourth-order valence-electron chi connectivity index (χ4n) is 2.86. The van der Waals surface area contributed by atoms with Gasteiger partial charge < -0.3 is 15.2 Å². The summed E-state index contributed by atoms with van der Waals surface area (Å²) < 4.78 is 3.10. The zero-order valence-electron chi connectivity index (χ0n) is 15.4. The van der Waals surface area contributed by atoms with E-state index in [1.165, 1.54) is 22.7 Å². The van der Waals surface area contributed by atoms with Gasteiger partial charge in [-0.2, -0.15) is 0 Å². The minimum absolute atomic E-state index is 0.0439. The Labute approximate surface area is 177 Å². The molecule has 0 aliphatic rings. The van der Waals surface area contributed by atoms with Crippen molar-refractivity contribution in [1.82, 2.24) is 9.88 Å². The lowest BCUT2D eigenvalue weighted by Gasteiger charge is -2.08. The van der Waals surface area contributed by atoms with Gasteiger partial charge in [-0.25, -0.2) is 0 Å². The number of rotatable bonds is 9. The SMILES string of the molecule is O=C(CSCC(=O)Nc1cccc(Br)c1)NCCCn1ccc2ccccc21. The van der Waals surface area contributed by atoms with E-state index in [9.17, 15) is 9.59 Å². The van der Waals surface area contributed by atoms with E-state index in [2.05, 4.69) is 55.5 Å². The molecule has 28 heavy (non-hydrogen) atoms. The number of aryl methyl sites for hydroxylation is 1. The van der Waals surface area contributed by atoms with Crippen LogP contribution in [0.25, 0.3) is 10.9 Å². The van der Waals surface area contributed by atoms with Crippen LogP contribution in [0.4, 0.5) is 5.69 Å². The number of hydrogen-bond acceptors (Lipinski definition) is 3. The molecule has 2 N–H and O–H groups in total. The van der Waals surface area contributed by atoms with Gasteiger partial charge in [-0.05, 0) is 42.1 Å². The summed E-state index contributed by atoms with van der Waals surface area (Å²) in [6.45, 7) is 1.48. The average molecular weight is 460 g/mol. The maximum atomic E-state index is 11.9. The molecule has 1 aromatic heterocycles. The fourth-order valence-corrected chi connectivity index (χ4v) is 3.91. The van der Waals surface area contributed by atoms with E-state index in [1.54, 1.807) is 0 Å². The zero-order chi connectivity index (χ0) is 19.8. The molecular weight excluding hydrogens is 438 g/mol. The second kappa shape index (κ2) is 10.3. The van der Waals surface area contributed by atoms with Gasteiger partial charge in [-0.15, -0.1) is 11.8 Å². The first-order valence-corrected chi connectivity index (χ1v) is 11.0. The van der Waals surface area contributed by atoms with Gasteiger partial charge in [0.05, 0.1) is 11.5 Å². The van der Waals surface area contributed by atoms with Crippen LogP contribution in [0.15, 0.2) is 65.3 Å². The summed E-state index contributed by atoms with van der Waals surface area (Å²) in [5, 5.41) is 6.95. The molecule has 3 aromatic rings. The number of anilines is 1. The van der Waals surface area contributed by atoms with Crippen LogP contribution >= 0.6 is 27.7 Å². The molecule has 0 radical (unpaired) electrons. The number of fused-ring (bicyclic) bond motifs is 1. The number of aromatic nitrogens is 1. The Morgan fingerprint density at radius 1 is 1.00 bits per heavy atom. The van der Waals surface area contributed by atoms with Crippen molar-refractivity contribution < 1.29 is 9.59 Å². The largest absolute Gasteiger partial charge is 0.355 e. The molecule has 2 aromatic carbocycles. The Morgan fingerprint density at radius 3 is 2.68 bits per heavy atom. The normalized spacial score (nSPS) is 10.8. The lowest BCUT2D eigenvalue weighted by Crippen LogP contribution is -2.27. The molecule has 0 spiro atoms. The highest BCUT2D eigenvalue weighted by molar-refractivity contribution is 9.10. The predicted octanol–water partition coefficient (Wildman–Crippen LogP) is 4.28. The summed E-state index contributed by atoms with van der Waals surface area (Å²) >= 11 is 4.68. The first-order chi connectivity index (χ1) is 13.6. The maximum Gasteiger partial charge on any atom is 0.234 e. The van der Waals surface area contributed by atoms with Crippen molar-refractivity contribution in [3.63, 3.8) is 0 Å². The Hall–Kier alpha value is -2.25. The second-order valence-electron chi connectivity index (χ2n) is 6.32. The Balaban J connectivity index is 1.30. The van der Waals surface area contributed by atoms with Crippen molar-refractivity contribution >= 4 is 56.1 Å². The van der Waals surface area contributed by atoms with Gasteiger partial charge in [-0.1, -0.05) is 40.2 Å². The molecule has 0 aliphatic carbocycles. The number of nitrogens with one attached hydrogen (secondary N) is 2. The number of nitrogens with zero attached hydrogens (tertiary/aromatic N) is 1. The molecule has 5 nitrogen and oxygen atoms in total. The average Bonchev–Trinajstić information content (AvgIpc) is 3.08. The summed E-state index contributed by atoms with van der Waals surface area (Å²) in [6, 6.07) is 17.8. The highest BCUT2D eigenvalue weighted by atomic mass is 79.9. The molecule has 0 bridgehead atoms. The van der Waals surface area contributed by atoms with Crippen LogP contribution in [-0.2, 0) is 16.1 Å². The van der Waals surface area contributed by atoms with Gasteiger partial charge in [0.25, 0.3) is 0 Å². The van der Waals surface area contributed by atoms with E-state index in [-0.39, 0.29) is 23.3 Å². The topological polar surface area (TPSA) is 63.1 Å². The third-order valence-electron chi connectivity index (χ3n) is 4.15. The van der Waals surface area contributed by atoms with Gasteiger partial charge in [0.2, 0.25) is 11.8 Å². The quantitative estimate of drug-likeness (QED) is 0.469. The van der Waals surface area contributed by atoms with Crippen molar-refractivity contribution in [1.29, 1.82) is 0 Å². The molecule has 0 fully saturated rings. The predicted molar refractivity (Wildman–Crippen MR) is 120 cm³/mol. The van der Waals surface area contributed by atoms with Gasteiger partial charge in [0, 0.05) is 35.0 Å². The van der Waals surface area contributed by atoms with Crippen LogP contribution in [0.1, 0.15) is 6.42 Å². The lowest BCUT2D eigenvalue weighted by molar-refractivity contribution is -0.118. The monoisotopic (exact) mass is 459 g/mol. The van der Waals surface area contributed by atoms with Crippen LogP contribution in [0.5, 0.6) is 0 Å². The number of benzene rings is 2. The van der Waals surface area contributed by atoms with Gasteiger partial charge in [-0.3, -0.25) is 9.59 Å². The highest BCUT2D eigenvalue weighted by Crippen LogP contribution is 2.16. The van der Waals surface area contributed by atoms with E-state index < -0.39 is 0 Å². The molecule has 2 amide bonds. The van der Waals surface area contributed by atoms with E-state index >= 15 is 0 Å². The first kappa shape index (κ1) is 20.5. The molecule has 1 heterocycles. The number of halogens is 1. The number of carbonyl (C=O) groups is 2. The third-order valence-corrected chi connectivity index (χ3v) is 5.58. The Morgan fingerprint density at radius 2 is 1.82 bits per heavy atom. The van der Waals surface area contributed by atoms with E-state index in [4.69, 9.17) is 0 Å². The zero-order valence-corrected chi connectivity index (χ0v) is 17.8. The van der Waals surface area contributed by atoms with Crippen molar-refractivity contribution in [3.8, 4) is 0 Å². The molecular formula is C21H22BrN3O2S. The molecule has 0 unspecified atom stereocenters. The molecule has 0 saturated heterocycles. The van der Waals surface area contributed by atoms with Crippen LogP contribution in [-0.4, -0.2) is 34.4 Å². The van der Waals surface area contributed by atoms with Crippen molar-refractivity contribution in [2.75, 3.05) is 23.4 Å². The van der Waals surface area contributed by atoms with E-state index in [0.717, 1.165) is 23.1 Å². The molecule has 3 rings (SSSR count). The highest BCUT2D eigenvalue weighted by Gasteiger charge is 2.06. The number of amides is 2. The second-order valence-corrected chi connectivity index (χ2v) is 8.22. The molecule has 7 heteroatoms. The van der Waals surface area contributed by atoms with Crippen LogP contribution in [0, 0.1) is 0 Å². The third kappa shape index (κ3) is 6.14. The minimum Gasteiger partial charge on any atom is -0.355 e. The van der Waals surface area contributed by atoms with E-state index in [1.807, 2.05) is 36.4 Å². The van der Waals surface area contributed by atoms with Gasteiger partial charge in [0.15, 0.2) is 0 Å². The summed E-state index contributed by atoms with van der Waals surface area (Å²) in [7, 11) is 0. The number of hydrogen-bond donors (Lipinski definition) is 2. The lowest BCUT2D eigenvalue weighted by atomic mass is 10.2. The number of carbonyl (C=O) groups excluding carboxylic acids is 2. The van der Waals surface area contributed by atoms with Crippen molar-refractivity contribution in [2.24, 2.45) is 0 Å². The minimum atomic E-state index is -0.115. The van der Waals surface area contributed by atoms with Crippen LogP contribution in [0.2, 0.25) is 0 Å². The standard InChI is InChI=1S/C21H22BrN3O2S/c22-17-6-3-7-18(13-17)24-21(27)15-28-14-20(26)23-10-4-11-25-12-9-16-5-1-2-8-19(16)25/h1-3,5-9,12-13H,4,10-11,14-15H2,(H,23,26)(H,24,27). The van der Waals surface area contributed by atoms with Gasteiger partial charge >= 0.3 is 0 Å². The first-order valence-electron chi connectivity index (χ1n) is 9.05. The smallest absolute Gasteiger partial charge is 0.234 e. The summed E-state index contributed by atoms with van der Waals surface area (Å²) in [6.07, 6.45) is 2.94. The number of para-hydroxylation sites is 1. The van der Waals surface area contributed by atoms with Crippen molar-refractivity contribution in [3.05, 3.63) is 65.3 Å². The summed E-state index contributed by atoms with van der Waals surface area (Å²) in [5.74, 6) is 0.362. The van der Waals surface area contributed by atoms with Crippen LogP contribution < -0.4 is 10.6 Å². The molecule has 0 aliphatic heterocycles. The maximum absolute atomic E-state index is 11.9. The van der Waals surface area contributed by atoms with Crippen molar-refractivity contribution in [2.45, 2.75) is 13.0 Å². The van der Waals surface area contributed by atoms with E-state index in [0.29, 0.717) is 6.54 Å². The fraction of sp³-hybridized carbons (Fsp3) is 0.238. The summed E-state index contributed by atoms with van der Waals surface area (Å²) in [5.41, 5.74) is 1.95. The Kier molecular flexibility index (Phi) is 7.56. The molecule has 0 saturated carbocycles. The van der Waals surface area contributed by atoms with Crippen LogP contribution in [0.3, 0.4) is 0 Å². The summed E-state index contributed by atoms with van der Waals surface area (Å²) in [4.78, 5) is 23.8.